The molecule has 1 rings (SSSR count). The van der Waals surface area contributed by atoms with Crippen LogP contribution >= 0.6 is 0 Å². The Kier molecular flexibility index (Phi) is 9.66. The van der Waals surface area contributed by atoms with E-state index in [1.54, 1.807) is 0 Å². The minimum atomic E-state index is -0.818. The van der Waals surface area contributed by atoms with E-state index in [0.717, 1.165) is 31.1 Å². The zero-order valence-corrected chi connectivity index (χ0v) is 17.3. The molecule has 1 aromatic carbocycles. The number of nitrogens with one attached hydrogen (secondary N) is 1. The van der Waals surface area contributed by atoms with E-state index in [9.17, 15) is 4.79 Å². The maximum absolute atomic E-state index is 12.7. The first-order chi connectivity index (χ1) is 12.3. The van der Waals surface area contributed by atoms with E-state index in [1.807, 2.05) is 38.1 Å². The van der Waals surface area contributed by atoms with Crippen LogP contribution in [0.1, 0.15) is 48.0 Å². The zero-order chi connectivity index (χ0) is 19.6. The van der Waals surface area contributed by atoms with Crippen molar-refractivity contribution < 1.29 is 14.3 Å². The number of likely N-dealkylation sites (N-methyl/N-ethyl adjacent to an activating group) is 1. The Morgan fingerprint density at radius 1 is 1.15 bits per heavy atom. The van der Waals surface area contributed by atoms with Gasteiger partial charge in [0.05, 0.1) is 0 Å². The Morgan fingerprint density at radius 3 is 2.27 bits per heavy atom. The van der Waals surface area contributed by atoms with Crippen molar-refractivity contribution in [2.45, 2.75) is 53.6 Å². The van der Waals surface area contributed by atoms with Crippen molar-refractivity contribution >= 4 is 11.6 Å². The standard InChI is InChI=1S/C21H36N2O3/c1-7-23(8-2)14-15-25-19-12-10-18(11-13-19)22-20(24)21(6,26-9-3)16-17(4)5/h10-13,17H,7-9,14-16H2,1-6H3,(H,22,24). The van der Waals surface area contributed by atoms with Crippen LogP contribution in [0.15, 0.2) is 24.3 Å². The lowest BCUT2D eigenvalue weighted by molar-refractivity contribution is -0.140. The molecular formula is C21H36N2O3. The number of amides is 1. The fourth-order valence-corrected chi connectivity index (χ4v) is 3.05. The van der Waals surface area contributed by atoms with E-state index in [4.69, 9.17) is 9.47 Å². The molecule has 0 aliphatic heterocycles. The summed E-state index contributed by atoms with van der Waals surface area (Å²) < 4.78 is 11.5. The molecule has 26 heavy (non-hydrogen) atoms. The Morgan fingerprint density at radius 2 is 1.77 bits per heavy atom. The summed E-state index contributed by atoms with van der Waals surface area (Å²) in [6.45, 7) is 16.4. The van der Waals surface area contributed by atoms with Crippen LogP contribution < -0.4 is 10.1 Å². The molecule has 0 bridgehead atoms. The van der Waals surface area contributed by atoms with Gasteiger partial charge in [0.2, 0.25) is 0 Å². The Bertz CT molecular complexity index is 527. The molecule has 0 saturated carbocycles. The topological polar surface area (TPSA) is 50.8 Å². The molecule has 1 amide bonds. The van der Waals surface area contributed by atoms with Gasteiger partial charge in [-0.3, -0.25) is 4.79 Å². The molecule has 0 heterocycles. The Balaban J connectivity index is 2.61. The lowest BCUT2D eigenvalue weighted by Gasteiger charge is -2.29. The molecule has 0 aliphatic rings. The third-order valence-corrected chi connectivity index (χ3v) is 4.42. The molecule has 148 valence electrons. The quantitative estimate of drug-likeness (QED) is 0.604. The van der Waals surface area contributed by atoms with Crippen LogP contribution in [0.3, 0.4) is 0 Å². The number of nitrogens with zero attached hydrogens (tertiary/aromatic N) is 1. The molecular weight excluding hydrogens is 328 g/mol. The number of carbonyl (C=O) groups is 1. The third-order valence-electron chi connectivity index (χ3n) is 4.42. The van der Waals surface area contributed by atoms with Gasteiger partial charge < -0.3 is 19.7 Å². The van der Waals surface area contributed by atoms with E-state index in [-0.39, 0.29) is 5.91 Å². The smallest absolute Gasteiger partial charge is 0.256 e. The number of benzene rings is 1. The summed E-state index contributed by atoms with van der Waals surface area (Å²) in [7, 11) is 0. The van der Waals surface area contributed by atoms with Gasteiger partial charge >= 0.3 is 0 Å². The van der Waals surface area contributed by atoms with Crippen molar-refractivity contribution in [1.29, 1.82) is 0 Å². The fourth-order valence-electron chi connectivity index (χ4n) is 3.05. The van der Waals surface area contributed by atoms with E-state index in [0.29, 0.717) is 25.6 Å². The van der Waals surface area contributed by atoms with Gasteiger partial charge in [-0.15, -0.1) is 0 Å². The first-order valence-corrected chi connectivity index (χ1v) is 9.75. The van der Waals surface area contributed by atoms with Gasteiger partial charge in [0, 0.05) is 18.8 Å². The molecule has 5 heteroatoms. The largest absolute Gasteiger partial charge is 0.492 e. The van der Waals surface area contributed by atoms with E-state index < -0.39 is 5.60 Å². The highest BCUT2D eigenvalue weighted by atomic mass is 16.5. The van der Waals surface area contributed by atoms with Crippen LogP contribution in [0.25, 0.3) is 0 Å². The molecule has 0 aromatic heterocycles. The van der Waals surface area contributed by atoms with E-state index >= 15 is 0 Å². The molecule has 1 atom stereocenters. The van der Waals surface area contributed by atoms with Crippen LogP contribution in [0, 0.1) is 5.92 Å². The van der Waals surface area contributed by atoms with Crippen molar-refractivity contribution in [3.63, 3.8) is 0 Å². The average molecular weight is 365 g/mol. The van der Waals surface area contributed by atoms with Crippen LogP contribution in [0.4, 0.5) is 5.69 Å². The second-order valence-electron chi connectivity index (χ2n) is 7.12. The minimum absolute atomic E-state index is 0.108. The minimum Gasteiger partial charge on any atom is -0.492 e. The summed E-state index contributed by atoms with van der Waals surface area (Å²) in [6.07, 6.45) is 0.680. The molecule has 0 fully saturated rings. The van der Waals surface area contributed by atoms with E-state index in [1.165, 1.54) is 0 Å². The lowest BCUT2D eigenvalue weighted by atomic mass is 9.93. The Labute approximate surface area is 159 Å². The summed E-state index contributed by atoms with van der Waals surface area (Å²) in [6, 6.07) is 7.51. The molecule has 1 N–H and O–H groups in total. The first kappa shape index (κ1) is 22.5. The molecule has 5 nitrogen and oxygen atoms in total. The second-order valence-corrected chi connectivity index (χ2v) is 7.12. The van der Waals surface area contributed by atoms with Gasteiger partial charge in [-0.25, -0.2) is 0 Å². The monoisotopic (exact) mass is 364 g/mol. The first-order valence-electron chi connectivity index (χ1n) is 9.75. The van der Waals surface area contributed by atoms with Gasteiger partial charge in [-0.1, -0.05) is 27.7 Å². The number of rotatable bonds is 12. The van der Waals surface area contributed by atoms with Crippen LogP contribution in [0.5, 0.6) is 5.75 Å². The third kappa shape index (κ3) is 7.34. The number of hydrogen-bond donors (Lipinski definition) is 1. The maximum Gasteiger partial charge on any atom is 0.256 e. The fraction of sp³-hybridized carbons (Fsp3) is 0.667. The number of ether oxygens (including phenoxy) is 2. The average Bonchev–Trinajstić information content (AvgIpc) is 2.59. The van der Waals surface area contributed by atoms with Crippen molar-refractivity contribution in [2.24, 2.45) is 5.92 Å². The summed E-state index contributed by atoms with van der Waals surface area (Å²) >= 11 is 0. The predicted molar refractivity (Wildman–Crippen MR) is 108 cm³/mol. The van der Waals surface area contributed by atoms with Gasteiger partial charge in [0.25, 0.3) is 5.91 Å². The predicted octanol–water partition coefficient (Wildman–Crippen LogP) is 4.19. The van der Waals surface area contributed by atoms with Crippen molar-refractivity contribution in [2.75, 3.05) is 38.2 Å². The summed E-state index contributed by atoms with van der Waals surface area (Å²) in [5.74, 6) is 1.08. The van der Waals surface area contributed by atoms with Crippen LogP contribution in [0.2, 0.25) is 0 Å². The van der Waals surface area contributed by atoms with Gasteiger partial charge in [-0.05, 0) is 63.5 Å². The maximum atomic E-state index is 12.7. The lowest BCUT2D eigenvalue weighted by Crippen LogP contribution is -2.43. The van der Waals surface area contributed by atoms with Crippen LogP contribution in [-0.2, 0) is 9.53 Å². The molecule has 0 aliphatic carbocycles. The summed E-state index contributed by atoms with van der Waals surface area (Å²) in [5, 5.41) is 2.96. The number of carbonyl (C=O) groups excluding carboxylic acids is 1. The zero-order valence-electron chi connectivity index (χ0n) is 17.3. The summed E-state index contributed by atoms with van der Waals surface area (Å²) in [5.41, 5.74) is -0.0669. The van der Waals surface area contributed by atoms with Gasteiger partial charge in [-0.2, -0.15) is 0 Å². The Hall–Kier alpha value is -1.59. The molecule has 1 unspecified atom stereocenters. The van der Waals surface area contributed by atoms with Crippen molar-refractivity contribution in [1.82, 2.24) is 4.90 Å². The van der Waals surface area contributed by atoms with Crippen LogP contribution in [-0.4, -0.2) is 49.3 Å². The highest BCUT2D eigenvalue weighted by molar-refractivity contribution is 5.97. The summed E-state index contributed by atoms with van der Waals surface area (Å²) in [4.78, 5) is 15.0. The highest BCUT2D eigenvalue weighted by Gasteiger charge is 2.34. The SMILES string of the molecule is CCOC(C)(CC(C)C)C(=O)Nc1ccc(OCCN(CC)CC)cc1. The van der Waals surface area contributed by atoms with Crippen molar-refractivity contribution in [3.05, 3.63) is 24.3 Å². The number of anilines is 1. The molecule has 0 saturated heterocycles. The molecule has 0 spiro atoms. The highest BCUT2D eigenvalue weighted by Crippen LogP contribution is 2.24. The van der Waals surface area contributed by atoms with Gasteiger partial charge in [0.1, 0.15) is 18.0 Å². The number of hydrogen-bond acceptors (Lipinski definition) is 4. The molecule has 0 radical (unpaired) electrons. The van der Waals surface area contributed by atoms with Gasteiger partial charge in [0.15, 0.2) is 0 Å². The second kappa shape index (κ2) is 11.2. The normalized spacial score (nSPS) is 13.7. The van der Waals surface area contributed by atoms with E-state index in [2.05, 4.69) is 37.9 Å². The van der Waals surface area contributed by atoms with Crippen molar-refractivity contribution in [3.8, 4) is 5.75 Å². The molecule has 1 aromatic rings.